The van der Waals surface area contributed by atoms with E-state index in [-0.39, 0.29) is 176 Å². The van der Waals surface area contributed by atoms with Crippen molar-refractivity contribution in [3.8, 4) is 12.3 Å². The number of rotatable bonds is 41. The molecule has 11 N–H and O–H groups in total. The van der Waals surface area contributed by atoms with E-state index in [1.807, 2.05) is 23.5 Å². The number of aliphatic carboxylic acids is 2. The number of Topliss-reactive ketones (excluding diaryl/α,β-unsaturated/α-hetero) is 2. The van der Waals surface area contributed by atoms with E-state index in [1.165, 1.54) is 18.2 Å². The maximum Gasteiger partial charge on any atom is 0.309 e. The third kappa shape index (κ3) is 23.4. The molecule has 0 bridgehead atoms. The molecule has 4 heterocycles. The molecule has 0 aromatic heterocycles. The van der Waals surface area contributed by atoms with Gasteiger partial charge in [0.1, 0.15) is 11.6 Å². The lowest BCUT2D eigenvalue weighted by Gasteiger charge is -2.15. The number of benzene rings is 1. The first kappa shape index (κ1) is 63.9. The van der Waals surface area contributed by atoms with E-state index in [9.17, 15) is 48.6 Å². The number of fused-ring (bicyclic) bond motifs is 2. The van der Waals surface area contributed by atoms with Crippen LogP contribution in [0.1, 0.15) is 130 Å². The SMILES string of the molecule is C#CCOC(=O)CCOCCOCCOCCCC(=O)Nc1cc(C(=O)NCCCC(CC(=O)CCCCC2SCC3NC(N)=NC32)C(=O)O)cc(C(=O)NCCCC(CC(=O)CCCCC2SCC3NC(N)=NC32)C(=O)O)c1. The summed E-state index contributed by atoms with van der Waals surface area (Å²) < 4.78 is 21.1. The predicted molar refractivity (Wildman–Crippen MR) is 300 cm³/mol. The van der Waals surface area contributed by atoms with Gasteiger partial charge >= 0.3 is 17.9 Å². The Morgan fingerprint density at radius 1 is 0.646 bits per heavy atom. The summed E-state index contributed by atoms with van der Waals surface area (Å²) in [6.45, 7) is 1.56. The second-order valence-corrected chi connectivity index (χ2v) is 22.5. The number of unbranched alkanes of at least 4 members (excludes halogenated alkanes) is 2. The number of carbonyl (C=O) groups is 8. The molecule has 0 spiro atoms. The van der Waals surface area contributed by atoms with Gasteiger partial charge in [-0.15, -0.1) is 6.42 Å². The van der Waals surface area contributed by atoms with Crippen LogP contribution in [-0.4, -0.2) is 175 Å². The molecule has 3 amide bonds. The number of carboxylic acid groups (broad SMARTS) is 2. The van der Waals surface area contributed by atoms with Crippen molar-refractivity contribution < 1.29 is 67.5 Å². The molecule has 436 valence electrons. The molecule has 2 fully saturated rings. The second kappa shape index (κ2) is 34.9. The molecule has 4 aliphatic heterocycles. The van der Waals surface area contributed by atoms with Crippen molar-refractivity contribution in [2.75, 3.05) is 76.2 Å². The molecule has 23 nitrogen and oxygen atoms in total. The fraction of sp³-hybridized carbons (Fsp3) is 0.667. The van der Waals surface area contributed by atoms with Gasteiger partial charge in [0.05, 0.1) is 75.5 Å². The standard InChI is InChI=1S/C54H79N9O14S2/c1-2-20-77-46(67)17-22-75-24-26-76-25-23-74-21-9-16-45(66)59-38-28-36(49(68)57-18-7-10-34(51(70)71)30-39(64)12-3-5-14-43-47-41(32-78-43)60-53(55)62-47)27-37(29-38)50(69)58-19-8-11-35(52(72)73)31-40(65)13-4-6-15-44-48-42(33-79-44)61-54(56)63-48/h1,27-29,34-35,41-44,47-48H,3-26,30-33H2,(H,57,68)(H,58,69)(H,59,66)(H,70,71)(H,72,73)(H3,55,60,62)(H3,56,61,63). The van der Waals surface area contributed by atoms with Gasteiger partial charge < -0.3 is 67.2 Å². The van der Waals surface area contributed by atoms with Crippen LogP contribution in [0.2, 0.25) is 0 Å². The molecular weight excluding hydrogens is 1060 g/mol. The molecule has 79 heavy (non-hydrogen) atoms. The maximum atomic E-state index is 13.6. The second-order valence-electron chi connectivity index (χ2n) is 20.0. The van der Waals surface area contributed by atoms with Crippen molar-refractivity contribution in [1.29, 1.82) is 0 Å². The number of carbonyl (C=O) groups excluding carboxylic acids is 6. The van der Waals surface area contributed by atoms with Gasteiger partial charge in [-0.1, -0.05) is 18.8 Å². The summed E-state index contributed by atoms with van der Waals surface area (Å²) in [6.07, 6.45) is 11.3. The average Bonchev–Trinajstić information content (AvgIpc) is 4.31. The normalized spacial score (nSPS) is 20.5. The van der Waals surface area contributed by atoms with Crippen LogP contribution in [0.4, 0.5) is 5.69 Å². The quantitative estimate of drug-likeness (QED) is 0.0258. The number of thioether (sulfide) groups is 2. The van der Waals surface area contributed by atoms with Crippen LogP contribution in [0, 0.1) is 24.2 Å². The monoisotopic (exact) mass is 1140 g/mol. The van der Waals surface area contributed by atoms with Crippen molar-refractivity contribution in [2.45, 2.75) is 144 Å². The Balaban J connectivity index is 1.05. The number of anilines is 1. The highest BCUT2D eigenvalue weighted by Crippen LogP contribution is 2.36. The van der Waals surface area contributed by atoms with Gasteiger partial charge in [-0.3, -0.25) is 38.4 Å². The van der Waals surface area contributed by atoms with Gasteiger partial charge in [-0.2, -0.15) is 23.5 Å². The molecule has 8 unspecified atom stereocenters. The number of hydrogen-bond donors (Lipinski definition) is 9. The molecule has 4 aliphatic rings. The largest absolute Gasteiger partial charge is 0.481 e. The molecule has 1 aromatic rings. The molecule has 2 saturated heterocycles. The molecule has 0 aliphatic carbocycles. The minimum atomic E-state index is -1.10. The Labute approximate surface area is 470 Å². The first-order valence-corrected chi connectivity index (χ1v) is 29.4. The molecule has 25 heteroatoms. The number of nitrogens with one attached hydrogen (secondary N) is 5. The number of aliphatic imine (C=N–C) groups is 2. The average molecular weight is 1140 g/mol. The lowest BCUT2D eigenvalue weighted by molar-refractivity contribution is -0.144. The smallest absolute Gasteiger partial charge is 0.309 e. The van der Waals surface area contributed by atoms with Crippen molar-refractivity contribution in [3.63, 3.8) is 0 Å². The summed E-state index contributed by atoms with van der Waals surface area (Å²) in [4.78, 5) is 111. The van der Waals surface area contributed by atoms with Gasteiger partial charge in [-0.05, 0) is 76.0 Å². The first-order chi connectivity index (χ1) is 38.1. The van der Waals surface area contributed by atoms with Crippen molar-refractivity contribution in [1.82, 2.24) is 21.3 Å². The number of carboxylic acids is 2. The van der Waals surface area contributed by atoms with Crippen LogP contribution < -0.4 is 38.1 Å². The first-order valence-electron chi connectivity index (χ1n) is 27.4. The van der Waals surface area contributed by atoms with E-state index >= 15 is 0 Å². The minimum Gasteiger partial charge on any atom is -0.481 e. The third-order valence-corrected chi connectivity index (χ3v) is 16.8. The van der Waals surface area contributed by atoms with Crippen molar-refractivity contribution >= 4 is 88.3 Å². The molecule has 0 radical (unpaired) electrons. The lowest BCUT2D eigenvalue weighted by atomic mass is 9.94. The lowest BCUT2D eigenvalue weighted by Crippen LogP contribution is -2.38. The van der Waals surface area contributed by atoms with E-state index in [0.29, 0.717) is 41.7 Å². The molecule has 0 saturated carbocycles. The van der Waals surface area contributed by atoms with E-state index in [2.05, 4.69) is 42.5 Å². The topological polar surface area (TPSA) is 351 Å². The van der Waals surface area contributed by atoms with Gasteiger partial charge in [-0.25, -0.2) is 9.98 Å². The van der Waals surface area contributed by atoms with E-state index in [1.54, 1.807) is 0 Å². The fourth-order valence-electron chi connectivity index (χ4n) is 9.68. The maximum absolute atomic E-state index is 13.6. The summed E-state index contributed by atoms with van der Waals surface area (Å²) in [5.74, 6) is -1.33. The Bertz CT molecular complexity index is 2220. The predicted octanol–water partition coefficient (Wildman–Crippen LogP) is 3.02. The number of hydrogen-bond acceptors (Lipinski definition) is 20. The zero-order valence-electron chi connectivity index (χ0n) is 44.9. The zero-order chi connectivity index (χ0) is 56.9. The van der Waals surface area contributed by atoms with Crippen LogP contribution in [0.15, 0.2) is 28.2 Å². The summed E-state index contributed by atoms with van der Waals surface area (Å²) in [6, 6.07) is 4.95. The van der Waals surface area contributed by atoms with Crippen LogP contribution in [-0.2, 0) is 47.7 Å². The summed E-state index contributed by atoms with van der Waals surface area (Å²) in [5.41, 5.74) is 11.9. The number of terminal acetylenes is 1. The van der Waals surface area contributed by atoms with Gasteiger partial charge in [0, 0.05) is 90.6 Å². The number of esters is 1. The Hall–Kier alpha value is -5.94. The highest BCUT2D eigenvalue weighted by atomic mass is 32.2. The Morgan fingerprint density at radius 3 is 1.61 bits per heavy atom. The number of amides is 3. The molecule has 1 aromatic carbocycles. The number of ether oxygens (including phenoxy) is 4. The Morgan fingerprint density at radius 2 is 1.13 bits per heavy atom. The van der Waals surface area contributed by atoms with Gasteiger partial charge in [0.25, 0.3) is 11.8 Å². The summed E-state index contributed by atoms with van der Waals surface area (Å²) >= 11 is 3.69. The highest BCUT2D eigenvalue weighted by Gasteiger charge is 2.41. The summed E-state index contributed by atoms with van der Waals surface area (Å²) in [7, 11) is 0. The molecule has 5 rings (SSSR count). The van der Waals surface area contributed by atoms with Gasteiger partial charge in [0.15, 0.2) is 18.5 Å². The number of nitrogens with zero attached hydrogens (tertiary/aromatic N) is 2. The number of ketones is 2. The van der Waals surface area contributed by atoms with Crippen LogP contribution >= 0.6 is 23.5 Å². The Kier molecular flexibility index (Phi) is 28.2. The molecular formula is C54H79N9O14S2. The van der Waals surface area contributed by atoms with Crippen LogP contribution in [0.5, 0.6) is 0 Å². The highest BCUT2D eigenvalue weighted by molar-refractivity contribution is 8.00. The van der Waals surface area contributed by atoms with Crippen molar-refractivity contribution in [2.24, 2.45) is 33.3 Å². The third-order valence-electron chi connectivity index (χ3n) is 13.8. The van der Waals surface area contributed by atoms with Crippen LogP contribution in [0.3, 0.4) is 0 Å². The minimum absolute atomic E-state index is 0.0413. The van der Waals surface area contributed by atoms with E-state index in [0.717, 1.165) is 37.2 Å². The van der Waals surface area contributed by atoms with Gasteiger partial charge in [0.2, 0.25) is 5.91 Å². The summed E-state index contributed by atoms with van der Waals surface area (Å²) in [5, 5.41) is 35.1. The zero-order valence-corrected chi connectivity index (χ0v) is 46.5. The van der Waals surface area contributed by atoms with Crippen LogP contribution in [0.25, 0.3) is 0 Å². The van der Waals surface area contributed by atoms with E-state index in [4.69, 9.17) is 36.8 Å². The van der Waals surface area contributed by atoms with E-state index < -0.39 is 47.5 Å². The fourth-order valence-corrected chi connectivity index (χ4v) is 12.7. The number of nitrogens with two attached hydrogens (primary N) is 2. The van der Waals surface area contributed by atoms with Crippen molar-refractivity contribution in [3.05, 3.63) is 29.3 Å². The number of guanidine groups is 2. The molecule has 8 atom stereocenters.